The number of anilines is 1. The first-order valence-corrected chi connectivity index (χ1v) is 9.29. The highest BCUT2D eigenvalue weighted by Gasteiger charge is 2.32. The van der Waals surface area contributed by atoms with Crippen LogP contribution in [0.3, 0.4) is 0 Å². The standard InChI is InChI=1S/C21H23F5N2O2.ClH/c1-28(17-8-3-2-4-9-17)19(29)14-27-15-20(22,23)16-7-5-10-18(13-16)30-12-6-11-21(24,25)26;/h2-5,7-10,13,27H,6,11-12,14-15H2,1H3;1H. The lowest BCUT2D eigenvalue weighted by Crippen LogP contribution is -2.39. The topological polar surface area (TPSA) is 41.6 Å². The van der Waals surface area contributed by atoms with Crippen molar-refractivity contribution in [1.82, 2.24) is 5.32 Å². The van der Waals surface area contributed by atoms with Crippen molar-refractivity contribution in [2.45, 2.75) is 24.9 Å². The Morgan fingerprint density at radius 1 is 1.03 bits per heavy atom. The quantitative estimate of drug-likeness (QED) is 0.388. The van der Waals surface area contributed by atoms with Gasteiger partial charge in [0, 0.05) is 24.7 Å². The van der Waals surface area contributed by atoms with Crippen LogP contribution in [0.15, 0.2) is 54.6 Å². The number of halogens is 6. The van der Waals surface area contributed by atoms with Crippen molar-refractivity contribution >= 4 is 24.0 Å². The van der Waals surface area contributed by atoms with Crippen molar-refractivity contribution in [2.75, 3.05) is 31.6 Å². The van der Waals surface area contributed by atoms with E-state index < -0.39 is 25.1 Å². The number of para-hydroxylation sites is 1. The van der Waals surface area contributed by atoms with E-state index in [-0.39, 0.29) is 49.2 Å². The molecule has 4 nitrogen and oxygen atoms in total. The summed E-state index contributed by atoms with van der Waals surface area (Å²) in [6.07, 6.45) is -5.54. The Hall–Kier alpha value is -2.39. The summed E-state index contributed by atoms with van der Waals surface area (Å²) < 4.78 is 70.5. The second kappa shape index (κ2) is 11.9. The lowest BCUT2D eigenvalue weighted by molar-refractivity contribution is -0.136. The molecule has 172 valence electrons. The molecule has 0 bridgehead atoms. The fourth-order valence-electron chi connectivity index (χ4n) is 2.62. The molecule has 0 fully saturated rings. The molecule has 0 saturated heterocycles. The molecule has 0 spiro atoms. The third-order valence-corrected chi connectivity index (χ3v) is 4.27. The van der Waals surface area contributed by atoms with Crippen LogP contribution in [-0.2, 0) is 10.7 Å². The number of hydrogen-bond acceptors (Lipinski definition) is 3. The fourth-order valence-corrected chi connectivity index (χ4v) is 2.62. The smallest absolute Gasteiger partial charge is 0.389 e. The number of hydrogen-bond donors (Lipinski definition) is 1. The molecule has 0 aliphatic carbocycles. The number of benzene rings is 2. The molecule has 31 heavy (non-hydrogen) atoms. The molecule has 2 rings (SSSR count). The van der Waals surface area contributed by atoms with Crippen LogP contribution in [0.4, 0.5) is 27.6 Å². The van der Waals surface area contributed by atoms with E-state index in [0.717, 1.165) is 6.07 Å². The molecular weight excluding hydrogens is 443 g/mol. The summed E-state index contributed by atoms with van der Waals surface area (Å²) in [4.78, 5) is 13.5. The third-order valence-electron chi connectivity index (χ3n) is 4.27. The van der Waals surface area contributed by atoms with E-state index in [9.17, 15) is 26.7 Å². The van der Waals surface area contributed by atoms with Gasteiger partial charge in [-0.15, -0.1) is 12.4 Å². The van der Waals surface area contributed by atoms with Crippen molar-refractivity contribution in [2.24, 2.45) is 0 Å². The van der Waals surface area contributed by atoms with E-state index in [1.165, 1.54) is 23.1 Å². The highest BCUT2D eigenvalue weighted by molar-refractivity contribution is 5.94. The second-order valence-electron chi connectivity index (χ2n) is 6.69. The number of alkyl halides is 5. The molecule has 0 radical (unpaired) electrons. The number of likely N-dealkylation sites (N-methyl/N-ethyl adjacent to an activating group) is 1. The van der Waals surface area contributed by atoms with Crippen molar-refractivity contribution in [1.29, 1.82) is 0 Å². The van der Waals surface area contributed by atoms with Gasteiger partial charge in [0.1, 0.15) is 5.75 Å². The second-order valence-corrected chi connectivity index (χ2v) is 6.69. The molecule has 2 aromatic carbocycles. The van der Waals surface area contributed by atoms with Gasteiger partial charge < -0.3 is 15.0 Å². The van der Waals surface area contributed by atoms with Gasteiger partial charge in [-0.1, -0.05) is 30.3 Å². The minimum absolute atomic E-state index is 0. The minimum Gasteiger partial charge on any atom is -0.494 e. The van der Waals surface area contributed by atoms with E-state index in [0.29, 0.717) is 5.69 Å². The van der Waals surface area contributed by atoms with Crippen LogP contribution in [0.25, 0.3) is 0 Å². The third kappa shape index (κ3) is 9.10. The molecule has 2 aromatic rings. The number of nitrogens with zero attached hydrogens (tertiary/aromatic N) is 1. The van der Waals surface area contributed by atoms with Crippen molar-refractivity contribution < 1.29 is 31.5 Å². The summed E-state index contributed by atoms with van der Waals surface area (Å²) in [5.41, 5.74) is 0.290. The number of ether oxygens (including phenoxy) is 1. The normalized spacial score (nSPS) is 11.5. The zero-order valence-electron chi connectivity index (χ0n) is 16.8. The lowest BCUT2D eigenvalue weighted by Gasteiger charge is -2.20. The molecule has 0 saturated carbocycles. The predicted octanol–water partition coefficient (Wildman–Crippen LogP) is 5.17. The first-order valence-electron chi connectivity index (χ1n) is 9.29. The molecule has 0 aromatic heterocycles. The SMILES string of the molecule is CN(C(=O)CNCC(F)(F)c1cccc(OCCCC(F)(F)F)c1)c1ccccc1.Cl. The van der Waals surface area contributed by atoms with Gasteiger partial charge in [0.2, 0.25) is 5.91 Å². The lowest BCUT2D eigenvalue weighted by atomic mass is 10.1. The van der Waals surface area contributed by atoms with Gasteiger partial charge in [-0.05, 0) is 30.7 Å². The molecule has 1 N–H and O–H groups in total. The van der Waals surface area contributed by atoms with Crippen LogP contribution in [0.2, 0.25) is 0 Å². The molecule has 0 aliphatic rings. The predicted molar refractivity (Wildman–Crippen MR) is 111 cm³/mol. The molecule has 0 atom stereocenters. The summed E-state index contributed by atoms with van der Waals surface area (Å²) in [5, 5.41) is 2.46. The van der Waals surface area contributed by atoms with E-state index in [1.807, 2.05) is 0 Å². The van der Waals surface area contributed by atoms with Crippen LogP contribution in [0.1, 0.15) is 18.4 Å². The number of rotatable bonds is 10. The molecule has 0 aliphatic heterocycles. The number of nitrogens with one attached hydrogen (secondary N) is 1. The molecular formula is C21H24ClF5N2O2. The molecule has 0 heterocycles. The highest BCUT2D eigenvalue weighted by atomic mass is 35.5. The maximum absolute atomic E-state index is 14.5. The summed E-state index contributed by atoms with van der Waals surface area (Å²) in [5.74, 6) is -3.61. The van der Waals surface area contributed by atoms with Crippen LogP contribution in [0.5, 0.6) is 5.75 Å². The van der Waals surface area contributed by atoms with Gasteiger partial charge in [0.05, 0.1) is 19.7 Å². The van der Waals surface area contributed by atoms with E-state index in [2.05, 4.69) is 5.32 Å². The van der Waals surface area contributed by atoms with Crippen LogP contribution in [0, 0.1) is 0 Å². The average molecular weight is 467 g/mol. The Balaban J connectivity index is 0.00000480. The Bertz CT molecular complexity index is 819. The Kier molecular flexibility index (Phi) is 10.2. The summed E-state index contributed by atoms with van der Waals surface area (Å²) in [6.45, 7) is -1.29. The van der Waals surface area contributed by atoms with Crippen molar-refractivity contribution in [3.05, 3.63) is 60.2 Å². The zero-order chi connectivity index (χ0) is 22.2. The van der Waals surface area contributed by atoms with E-state index in [1.54, 1.807) is 37.4 Å². The maximum Gasteiger partial charge on any atom is 0.389 e. The van der Waals surface area contributed by atoms with Gasteiger partial charge in [0.25, 0.3) is 5.92 Å². The Morgan fingerprint density at radius 3 is 2.35 bits per heavy atom. The monoisotopic (exact) mass is 466 g/mol. The van der Waals surface area contributed by atoms with E-state index in [4.69, 9.17) is 4.74 Å². The van der Waals surface area contributed by atoms with Crippen LogP contribution in [-0.4, -0.2) is 38.8 Å². The fraction of sp³-hybridized carbons (Fsp3) is 0.381. The number of carbonyl (C=O) groups excluding carboxylic acids is 1. The molecule has 1 amide bonds. The molecule has 10 heteroatoms. The van der Waals surface area contributed by atoms with Crippen molar-refractivity contribution in [3.63, 3.8) is 0 Å². The van der Waals surface area contributed by atoms with Crippen LogP contribution >= 0.6 is 12.4 Å². The Labute approximate surface area is 183 Å². The maximum atomic E-state index is 14.5. The highest BCUT2D eigenvalue weighted by Crippen LogP contribution is 2.30. The largest absolute Gasteiger partial charge is 0.494 e. The first-order chi connectivity index (χ1) is 14.1. The first kappa shape index (κ1) is 26.6. The van der Waals surface area contributed by atoms with Gasteiger partial charge in [-0.2, -0.15) is 22.0 Å². The summed E-state index contributed by atoms with van der Waals surface area (Å²) in [6, 6.07) is 13.8. The summed E-state index contributed by atoms with van der Waals surface area (Å²) >= 11 is 0. The molecule has 0 unspecified atom stereocenters. The number of amides is 1. The number of carbonyl (C=O) groups is 1. The van der Waals surface area contributed by atoms with Gasteiger partial charge in [-0.25, -0.2) is 0 Å². The van der Waals surface area contributed by atoms with E-state index >= 15 is 0 Å². The summed E-state index contributed by atoms with van der Waals surface area (Å²) in [7, 11) is 1.55. The van der Waals surface area contributed by atoms with Gasteiger partial charge in [0.15, 0.2) is 0 Å². The van der Waals surface area contributed by atoms with Gasteiger partial charge in [-0.3, -0.25) is 4.79 Å². The Morgan fingerprint density at radius 2 is 1.71 bits per heavy atom. The average Bonchev–Trinajstić information content (AvgIpc) is 2.70. The van der Waals surface area contributed by atoms with Crippen LogP contribution < -0.4 is 15.0 Å². The van der Waals surface area contributed by atoms with Crippen molar-refractivity contribution in [3.8, 4) is 5.75 Å². The zero-order valence-corrected chi connectivity index (χ0v) is 17.6. The van der Waals surface area contributed by atoms with Gasteiger partial charge >= 0.3 is 6.18 Å². The minimum atomic E-state index is -4.28.